The fourth-order valence-electron chi connectivity index (χ4n) is 3.15. The van der Waals surface area contributed by atoms with Crippen LogP contribution < -0.4 is 10.4 Å². The van der Waals surface area contributed by atoms with Crippen LogP contribution in [0.25, 0.3) is 10.8 Å². The van der Waals surface area contributed by atoms with Crippen molar-refractivity contribution in [1.29, 1.82) is 0 Å². The predicted octanol–water partition coefficient (Wildman–Crippen LogP) is 6.22. The van der Waals surface area contributed by atoms with Gasteiger partial charge in [0.25, 0.3) is 0 Å². The first-order chi connectivity index (χ1) is 13.7. The molecular formula is C23H27BrO4Si. The smallest absolute Gasteiger partial charge is 0.344 e. The first-order valence-electron chi connectivity index (χ1n) is 9.75. The molecule has 0 aliphatic carbocycles. The maximum absolute atomic E-state index is 12.8. The van der Waals surface area contributed by atoms with E-state index in [1.165, 1.54) is 0 Å². The average Bonchev–Trinajstić information content (AvgIpc) is 2.67. The fourth-order valence-corrected chi connectivity index (χ4v) is 4.86. The van der Waals surface area contributed by atoms with Crippen molar-refractivity contribution in [3.63, 3.8) is 0 Å². The lowest BCUT2D eigenvalue weighted by atomic mass is 9.87. The van der Waals surface area contributed by atoms with E-state index in [1.807, 2.05) is 42.5 Å². The van der Waals surface area contributed by atoms with Crippen molar-refractivity contribution in [2.45, 2.75) is 46.6 Å². The van der Waals surface area contributed by atoms with E-state index in [2.05, 4.69) is 49.8 Å². The molecule has 2 aromatic carbocycles. The zero-order valence-corrected chi connectivity index (χ0v) is 20.2. The van der Waals surface area contributed by atoms with Gasteiger partial charge in [-0.15, -0.1) is 0 Å². The summed E-state index contributed by atoms with van der Waals surface area (Å²) in [5, 5.41) is 1.28. The van der Waals surface area contributed by atoms with Gasteiger partial charge in [0.1, 0.15) is 18.5 Å². The van der Waals surface area contributed by atoms with Crippen LogP contribution in [0.3, 0.4) is 0 Å². The summed E-state index contributed by atoms with van der Waals surface area (Å²) in [7, 11) is -1.35. The van der Waals surface area contributed by atoms with E-state index < -0.39 is 9.04 Å². The third-order valence-corrected chi connectivity index (χ3v) is 6.18. The van der Waals surface area contributed by atoms with E-state index in [0.717, 1.165) is 15.4 Å². The quantitative estimate of drug-likeness (QED) is 0.397. The molecule has 4 nitrogen and oxygen atoms in total. The molecular weight excluding hydrogens is 448 g/mol. The van der Waals surface area contributed by atoms with Crippen LogP contribution in [0.1, 0.15) is 38.2 Å². The Morgan fingerprint density at radius 1 is 1.07 bits per heavy atom. The van der Waals surface area contributed by atoms with Crippen LogP contribution in [-0.4, -0.2) is 9.04 Å². The van der Waals surface area contributed by atoms with Crippen molar-refractivity contribution in [1.82, 2.24) is 0 Å². The number of hydrogen-bond acceptors (Lipinski definition) is 4. The topological polar surface area (TPSA) is 48.7 Å². The molecule has 0 amide bonds. The molecule has 1 atom stereocenters. The molecule has 1 aromatic heterocycles. The summed E-state index contributed by atoms with van der Waals surface area (Å²) < 4.78 is 18.6. The van der Waals surface area contributed by atoms with Crippen LogP contribution in [-0.2, 0) is 11.0 Å². The third-order valence-electron chi connectivity index (χ3n) is 4.55. The molecule has 0 radical (unpaired) electrons. The highest BCUT2D eigenvalue weighted by Crippen LogP contribution is 2.41. The monoisotopic (exact) mass is 474 g/mol. The molecule has 0 saturated carbocycles. The number of ether oxygens (including phenoxy) is 1. The van der Waals surface area contributed by atoms with Gasteiger partial charge in [0.05, 0.1) is 9.86 Å². The maximum Gasteiger partial charge on any atom is 0.344 e. The van der Waals surface area contributed by atoms with E-state index in [9.17, 15) is 4.79 Å². The summed E-state index contributed by atoms with van der Waals surface area (Å²) in [5.74, 6) is 1.18. The zero-order chi connectivity index (χ0) is 21.2. The van der Waals surface area contributed by atoms with E-state index >= 15 is 0 Å². The number of hydrogen-bond donors (Lipinski definition) is 0. The Morgan fingerprint density at radius 2 is 1.76 bits per heavy atom. The number of benzene rings is 2. The normalized spacial score (nSPS) is 13.1. The SMILES string of the molecule is C[SiH](C)OC(c1oc(=O)c2cc(OCc3ccccc3)ccc2c1Br)C(C)(C)C. The Balaban J connectivity index is 1.98. The van der Waals surface area contributed by atoms with E-state index in [4.69, 9.17) is 13.6 Å². The van der Waals surface area contributed by atoms with Crippen molar-refractivity contribution in [2.75, 3.05) is 0 Å². The predicted molar refractivity (Wildman–Crippen MR) is 123 cm³/mol. The van der Waals surface area contributed by atoms with Crippen LogP contribution in [0, 0.1) is 5.41 Å². The van der Waals surface area contributed by atoms with E-state index in [0.29, 0.717) is 23.5 Å². The summed E-state index contributed by atoms with van der Waals surface area (Å²) in [6.07, 6.45) is -0.297. The molecule has 3 aromatic rings. The Labute approximate surface area is 181 Å². The minimum absolute atomic E-state index is 0.206. The molecule has 0 aliphatic rings. The van der Waals surface area contributed by atoms with Crippen LogP contribution in [0.2, 0.25) is 13.1 Å². The van der Waals surface area contributed by atoms with Gasteiger partial charge in [-0.05, 0) is 58.2 Å². The van der Waals surface area contributed by atoms with Crippen molar-refractivity contribution >= 4 is 35.7 Å². The van der Waals surface area contributed by atoms with Gasteiger partial charge in [0, 0.05) is 5.39 Å². The first kappa shape index (κ1) is 21.8. The Morgan fingerprint density at radius 3 is 2.38 bits per heavy atom. The Hall–Kier alpha value is -1.89. The maximum atomic E-state index is 12.8. The van der Waals surface area contributed by atoms with Crippen LogP contribution in [0.15, 0.2) is 62.2 Å². The highest BCUT2D eigenvalue weighted by atomic mass is 79.9. The minimum atomic E-state index is -1.35. The minimum Gasteiger partial charge on any atom is -0.489 e. The summed E-state index contributed by atoms with van der Waals surface area (Å²) in [4.78, 5) is 12.8. The summed E-state index contributed by atoms with van der Waals surface area (Å²) in [6, 6.07) is 15.4. The lowest BCUT2D eigenvalue weighted by Gasteiger charge is -2.32. The van der Waals surface area contributed by atoms with Gasteiger partial charge in [-0.25, -0.2) is 4.79 Å². The molecule has 0 aliphatic heterocycles. The largest absolute Gasteiger partial charge is 0.489 e. The second kappa shape index (κ2) is 8.86. The van der Waals surface area contributed by atoms with Gasteiger partial charge in [-0.1, -0.05) is 51.1 Å². The lowest BCUT2D eigenvalue weighted by molar-refractivity contribution is 0.0627. The number of halogens is 1. The second-order valence-electron chi connectivity index (χ2n) is 8.48. The molecule has 6 heteroatoms. The first-order valence-corrected chi connectivity index (χ1v) is 13.3. The van der Waals surface area contributed by atoms with Gasteiger partial charge < -0.3 is 13.6 Å². The molecule has 0 N–H and O–H groups in total. The van der Waals surface area contributed by atoms with Gasteiger partial charge >= 0.3 is 5.63 Å². The van der Waals surface area contributed by atoms with Crippen LogP contribution in [0.4, 0.5) is 0 Å². The van der Waals surface area contributed by atoms with Crippen LogP contribution in [0.5, 0.6) is 5.75 Å². The van der Waals surface area contributed by atoms with E-state index in [-0.39, 0.29) is 17.1 Å². The van der Waals surface area contributed by atoms with Crippen molar-refractivity contribution < 1.29 is 13.6 Å². The highest BCUT2D eigenvalue weighted by molar-refractivity contribution is 9.10. The third kappa shape index (κ3) is 5.18. The summed E-state index contributed by atoms with van der Waals surface area (Å²) in [5.41, 5.74) is 0.480. The molecule has 29 heavy (non-hydrogen) atoms. The fraction of sp³-hybridized carbons (Fsp3) is 0.348. The number of rotatable bonds is 6. The van der Waals surface area contributed by atoms with Gasteiger partial charge in [0.15, 0.2) is 14.8 Å². The molecule has 0 spiro atoms. The van der Waals surface area contributed by atoms with E-state index in [1.54, 1.807) is 6.07 Å². The molecule has 1 heterocycles. The standard InChI is InChI=1S/C23H27BrO4Si/c1-23(2,3)21(28-29(4)5)20-19(24)17-12-11-16(13-18(17)22(25)27-20)26-14-15-9-7-6-8-10-15/h6-13,21,29H,14H2,1-5H3. The average molecular weight is 475 g/mol. The summed E-state index contributed by atoms with van der Waals surface area (Å²) >= 11 is 3.66. The second-order valence-corrected chi connectivity index (χ2v) is 11.6. The Bertz CT molecular complexity index is 1040. The van der Waals surface area contributed by atoms with Gasteiger partial charge in [-0.3, -0.25) is 0 Å². The molecule has 3 rings (SSSR count). The van der Waals surface area contributed by atoms with Gasteiger partial charge in [-0.2, -0.15) is 0 Å². The van der Waals surface area contributed by atoms with Crippen molar-refractivity contribution in [3.05, 3.63) is 74.7 Å². The van der Waals surface area contributed by atoms with Crippen molar-refractivity contribution in [3.8, 4) is 5.75 Å². The summed E-state index contributed by atoms with van der Waals surface area (Å²) in [6.45, 7) is 10.9. The lowest BCUT2D eigenvalue weighted by Crippen LogP contribution is -2.27. The van der Waals surface area contributed by atoms with Gasteiger partial charge in [0.2, 0.25) is 0 Å². The Kier molecular flexibility index (Phi) is 6.66. The molecule has 1 unspecified atom stereocenters. The highest BCUT2D eigenvalue weighted by Gasteiger charge is 2.33. The van der Waals surface area contributed by atoms with Crippen molar-refractivity contribution in [2.24, 2.45) is 5.41 Å². The zero-order valence-electron chi connectivity index (χ0n) is 17.5. The molecule has 0 fully saturated rings. The molecule has 154 valence electrons. The molecule has 0 saturated heterocycles. The van der Waals surface area contributed by atoms with Crippen LogP contribution >= 0.6 is 15.9 Å². The number of fused-ring (bicyclic) bond motifs is 1. The molecule has 0 bridgehead atoms.